The smallest absolute Gasteiger partial charge is 0.280 e. The lowest BCUT2D eigenvalue weighted by atomic mass is 10.1. The zero-order valence-corrected chi connectivity index (χ0v) is 9.75. The molecule has 0 saturated carbocycles. The van der Waals surface area contributed by atoms with Crippen LogP contribution >= 0.6 is 0 Å². The van der Waals surface area contributed by atoms with Gasteiger partial charge in [0.25, 0.3) is 10.1 Å². The van der Waals surface area contributed by atoms with Gasteiger partial charge in [-0.2, -0.15) is 8.42 Å². The Kier molecular flexibility index (Phi) is 7.95. The van der Waals surface area contributed by atoms with E-state index in [1.165, 1.54) is 0 Å². The third-order valence-electron chi connectivity index (χ3n) is 2.28. The summed E-state index contributed by atoms with van der Waals surface area (Å²) in [5.74, 6) is 0. The number of hydrogen-bond acceptors (Lipinski definition) is 4. The van der Waals surface area contributed by atoms with Crippen LogP contribution in [0.3, 0.4) is 0 Å². The van der Waals surface area contributed by atoms with E-state index in [9.17, 15) is 8.42 Å². The Hall–Kier alpha value is -0.170. The maximum absolute atomic E-state index is 10.5. The number of rotatable bonds is 9. The first kappa shape index (κ1) is 14.8. The summed E-state index contributed by atoms with van der Waals surface area (Å²) >= 11 is 0. The van der Waals surface area contributed by atoms with E-state index in [4.69, 9.17) is 15.4 Å². The molecule has 4 N–H and O–H groups in total. The van der Waals surface area contributed by atoms with Gasteiger partial charge in [0.15, 0.2) is 0 Å². The van der Waals surface area contributed by atoms with E-state index in [-0.39, 0.29) is 6.61 Å². The molecule has 0 spiro atoms. The van der Waals surface area contributed by atoms with Crippen LogP contribution in [-0.4, -0.2) is 30.1 Å². The van der Waals surface area contributed by atoms with Gasteiger partial charge >= 0.3 is 0 Å². The molecule has 0 fully saturated rings. The molecule has 0 radical (unpaired) electrons. The Bertz CT molecular complexity index is 240. The number of unbranched alkanes of at least 4 members (excludes halogenated alkanes) is 5. The highest BCUT2D eigenvalue weighted by atomic mass is 32.2. The molecule has 0 aromatic carbocycles. The van der Waals surface area contributed by atoms with E-state index >= 15 is 0 Å². The lowest BCUT2D eigenvalue weighted by Gasteiger charge is -2.07. The summed E-state index contributed by atoms with van der Waals surface area (Å²) in [5.41, 5.74) is 5.24. The second-order valence-electron chi connectivity index (χ2n) is 3.69. The Morgan fingerprint density at radius 2 is 1.47 bits per heavy atom. The van der Waals surface area contributed by atoms with Crippen molar-refractivity contribution in [3.8, 4) is 0 Å². The Morgan fingerprint density at radius 1 is 1.00 bits per heavy atom. The minimum absolute atomic E-state index is 0.230. The second kappa shape index (κ2) is 8.04. The van der Waals surface area contributed by atoms with E-state index in [2.05, 4.69) is 0 Å². The number of hydrogen-bond donors (Lipinski definition) is 3. The van der Waals surface area contributed by atoms with Crippen molar-refractivity contribution in [2.24, 2.45) is 5.73 Å². The van der Waals surface area contributed by atoms with Gasteiger partial charge in [0, 0.05) is 6.61 Å². The minimum Gasteiger partial charge on any atom is -0.396 e. The summed E-state index contributed by atoms with van der Waals surface area (Å²) in [6.07, 6.45) is 5.80. The normalized spacial score (nSPS) is 14.1. The summed E-state index contributed by atoms with van der Waals surface area (Å²) in [5, 5.41) is 7.38. The van der Waals surface area contributed by atoms with Gasteiger partial charge in [0.1, 0.15) is 5.37 Å². The lowest BCUT2D eigenvalue weighted by Crippen LogP contribution is -2.29. The van der Waals surface area contributed by atoms with Crippen molar-refractivity contribution < 1.29 is 18.1 Å². The fourth-order valence-corrected chi connectivity index (χ4v) is 1.78. The van der Waals surface area contributed by atoms with Crippen molar-refractivity contribution in [2.75, 3.05) is 6.61 Å². The van der Waals surface area contributed by atoms with Crippen LogP contribution in [0.2, 0.25) is 0 Å². The zero-order chi connectivity index (χ0) is 11.7. The van der Waals surface area contributed by atoms with E-state index in [1.807, 2.05) is 0 Å². The van der Waals surface area contributed by atoms with Crippen molar-refractivity contribution in [1.82, 2.24) is 0 Å². The molecule has 0 aromatic heterocycles. The van der Waals surface area contributed by atoms with E-state index in [1.54, 1.807) is 0 Å². The van der Waals surface area contributed by atoms with Gasteiger partial charge in [-0.1, -0.05) is 32.1 Å². The quantitative estimate of drug-likeness (QED) is 0.409. The van der Waals surface area contributed by atoms with Gasteiger partial charge in [0.05, 0.1) is 0 Å². The summed E-state index contributed by atoms with van der Waals surface area (Å²) in [6.45, 7) is 0.230. The van der Waals surface area contributed by atoms with Gasteiger partial charge in [-0.15, -0.1) is 0 Å². The maximum Gasteiger partial charge on any atom is 0.280 e. The predicted octanol–water partition coefficient (Wildman–Crippen LogP) is 0.882. The molecule has 0 aliphatic rings. The van der Waals surface area contributed by atoms with Gasteiger partial charge in [-0.25, -0.2) is 0 Å². The lowest BCUT2D eigenvalue weighted by molar-refractivity contribution is 0.282. The molecule has 0 aromatic rings. The van der Waals surface area contributed by atoms with Crippen molar-refractivity contribution >= 4 is 10.1 Å². The van der Waals surface area contributed by atoms with Crippen molar-refractivity contribution in [1.29, 1.82) is 0 Å². The highest BCUT2D eigenvalue weighted by Gasteiger charge is 2.16. The first-order valence-electron chi connectivity index (χ1n) is 5.31. The molecule has 0 heterocycles. The average Bonchev–Trinajstić information content (AvgIpc) is 2.14. The molecule has 1 atom stereocenters. The molecular formula is C9H21NO4S. The Balaban J connectivity index is 3.32. The zero-order valence-electron chi connectivity index (χ0n) is 8.93. The summed E-state index contributed by atoms with van der Waals surface area (Å²) in [7, 11) is -4.06. The molecule has 1 unspecified atom stereocenters. The topological polar surface area (TPSA) is 101 Å². The van der Waals surface area contributed by atoms with Crippen LogP contribution in [-0.2, 0) is 10.1 Å². The van der Waals surface area contributed by atoms with Crippen LogP contribution in [0, 0.1) is 0 Å². The van der Waals surface area contributed by atoms with Gasteiger partial charge in [-0.05, 0) is 12.8 Å². The summed E-state index contributed by atoms with van der Waals surface area (Å²) in [4.78, 5) is 0. The Labute approximate surface area is 91.4 Å². The molecule has 0 aliphatic carbocycles. The van der Waals surface area contributed by atoms with Crippen LogP contribution in [0.25, 0.3) is 0 Å². The number of aliphatic hydroxyl groups excluding tert-OH is 1. The van der Waals surface area contributed by atoms with Crippen LogP contribution < -0.4 is 5.73 Å². The SMILES string of the molecule is NC(CCCCCCCCO)S(=O)(=O)O. The number of aliphatic hydroxyl groups is 1. The van der Waals surface area contributed by atoms with E-state index < -0.39 is 15.5 Å². The summed E-state index contributed by atoms with van der Waals surface area (Å²) in [6, 6.07) is 0. The van der Waals surface area contributed by atoms with Gasteiger partial charge < -0.3 is 10.8 Å². The van der Waals surface area contributed by atoms with Crippen molar-refractivity contribution in [3.05, 3.63) is 0 Å². The van der Waals surface area contributed by atoms with Crippen molar-refractivity contribution in [2.45, 2.75) is 50.3 Å². The molecule has 0 amide bonds. The third kappa shape index (κ3) is 8.80. The number of nitrogens with two attached hydrogens (primary N) is 1. The minimum atomic E-state index is -4.06. The second-order valence-corrected chi connectivity index (χ2v) is 5.32. The van der Waals surface area contributed by atoms with E-state index in [0.717, 1.165) is 32.1 Å². The molecule has 0 bridgehead atoms. The van der Waals surface area contributed by atoms with Gasteiger partial charge in [0.2, 0.25) is 0 Å². The molecular weight excluding hydrogens is 218 g/mol. The molecule has 6 heteroatoms. The van der Waals surface area contributed by atoms with Gasteiger partial charge in [-0.3, -0.25) is 4.55 Å². The fraction of sp³-hybridized carbons (Fsp3) is 1.00. The Morgan fingerprint density at radius 3 is 1.93 bits per heavy atom. The van der Waals surface area contributed by atoms with Crippen LogP contribution in [0.15, 0.2) is 0 Å². The standard InChI is InChI=1S/C9H21NO4S/c10-9(15(12,13)14)7-5-3-1-2-4-6-8-11/h9,11H,1-8,10H2,(H,12,13,14). The maximum atomic E-state index is 10.5. The molecule has 15 heavy (non-hydrogen) atoms. The summed E-state index contributed by atoms with van der Waals surface area (Å²) < 4.78 is 29.7. The highest BCUT2D eigenvalue weighted by Crippen LogP contribution is 2.09. The molecule has 5 nitrogen and oxygen atoms in total. The first-order chi connectivity index (χ1) is 6.98. The predicted molar refractivity (Wildman–Crippen MR) is 58.9 cm³/mol. The van der Waals surface area contributed by atoms with Crippen LogP contribution in [0.5, 0.6) is 0 Å². The third-order valence-corrected chi connectivity index (χ3v) is 3.28. The van der Waals surface area contributed by atoms with Crippen LogP contribution in [0.1, 0.15) is 44.9 Å². The molecule has 0 saturated heterocycles. The van der Waals surface area contributed by atoms with Crippen LogP contribution in [0.4, 0.5) is 0 Å². The highest BCUT2D eigenvalue weighted by molar-refractivity contribution is 7.86. The largest absolute Gasteiger partial charge is 0.396 e. The monoisotopic (exact) mass is 239 g/mol. The molecule has 0 aliphatic heterocycles. The first-order valence-corrected chi connectivity index (χ1v) is 6.81. The average molecular weight is 239 g/mol. The molecule has 92 valence electrons. The van der Waals surface area contributed by atoms with Crippen molar-refractivity contribution in [3.63, 3.8) is 0 Å². The van der Waals surface area contributed by atoms with E-state index in [0.29, 0.717) is 12.8 Å². The fourth-order valence-electron chi connectivity index (χ4n) is 1.31. The molecule has 0 rings (SSSR count).